The predicted molar refractivity (Wildman–Crippen MR) is 61.0 cm³/mol. The van der Waals surface area contributed by atoms with Crippen LogP contribution in [0.25, 0.3) is 10.9 Å². The van der Waals surface area contributed by atoms with Crippen LogP contribution >= 0.6 is 0 Å². The Morgan fingerprint density at radius 1 is 1.20 bits per heavy atom. The van der Waals surface area contributed by atoms with E-state index in [4.69, 9.17) is 4.98 Å². The SMILES string of the molecule is Cc1cc2c(C)c3c(nc2cn1)CCC3. The average Bonchev–Trinajstić information content (AvgIpc) is 2.68. The zero-order valence-electron chi connectivity index (χ0n) is 9.17. The van der Waals surface area contributed by atoms with Crippen molar-refractivity contribution >= 4 is 10.9 Å². The average molecular weight is 198 g/mol. The van der Waals surface area contributed by atoms with Crippen LogP contribution in [-0.4, -0.2) is 9.97 Å². The van der Waals surface area contributed by atoms with Crippen LogP contribution in [-0.2, 0) is 12.8 Å². The molecule has 0 aromatic carbocycles. The van der Waals surface area contributed by atoms with Crippen molar-refractivity contribution in [3.63, 3.8) is 0 Å². The van der Waals surface area contributed by atoms with Gasteiger partial charge in [0.15, 0.2) is 0 Å². The highest BCUT2D eigenvalue weighted by molar-refractivity contribution is 5.83. The van der Waals surface area contributed by atoms with Crippen molar-refractivity contribution in [2.75, 3.05) is 0 Å². The fourth-order valence-electron chi connectivity index (χ4n) is 2.51. The minimum Gasteiger partial charge on any atom is -0.259 e. The normalized spacial score (nSPS) is 14.5. The Labute approximate surface area is 89.4 Å². The van der Waals surface area contributed by atoms with Crippen molar-refractivity contribution in [3.05, 3.63) is 34.8 Å². The molecule has 2 aromatic rings. The largest absolute Gasteiger partial charge is 0.259 e. The molecule has 15 heavy (non-hydrogen) atoms. The van der Waals surface area contributed by atoms with Crippen LogP contribution < -0.4 is 0 Å². The van der Waals surface area contributed by atoms with Crippen LogP contribution in [0.3, 0.4) is 0 Å². The van der Waals surface area contributed by atoms with E-state index in [0.717, 1.165) is 17.6 Å². The van der Waals surface area contributed by atoms with Gasteiger partial charge >= 0.3 is 0 Å². The molecule has 0 atom stereocenters. The van der Waals surface area contributed by atoms with Gasteiger partial charge in [0, 0.05) is 16.8 Å². The predicted octanol–water partition coefficient (Wildman–Crippen LogP) is 2.74. The van der Waals surface area contributed by atoms with Crippen molar-refractivity contribution in [2.45, 2.75) is 33.1 Å². The molecule has 0 saturated carbocycles. The van der Waals surface area contributed by atoms with E-state index in [9.17, 15) is 0 Å². The lowest BCUT2D eigenvalue weighted by molar-refractivity contribution is 0.900. The van der Waals surface area contributed by atoms with Crippen LogP contribution in [0.1, 0.15) is 28.9 Å². The highest BCUT2D eigenvalue weighted by atomic mass is 14.8. The summed E-state index contributed by atoms with van der Waals surface area (Å²) in [4.78, 5) is 9.01. The molecule has 0 unspecified atom stereocenters. The van der Waals surface area contributed by atoms with Crippen LogP contribution in [0.2, 0.25) is 0 Å². The molecule has 0 saturated heterocycles. The van der Waals surface area contributed by atoms with Gasteiger partial charge in [-0.25, -0.2) is 0 Å². The zero-order chi connectivity index (χ0) is 10.4. The van der Waals surface area contributed by atoms with Gasteiger partial charge in [-0.2, -0.15) is 0 Å². The number of nitrogens with zero attached hydrogens (tertiary/aromatic N) is 2. The fraction of sp³-hybridized carbons (Fsp3) is 0.385. The second kappa shape index (κ2) is 3.02. The number of rotatable bonds is 0. The van der Waals surface area contributed by atoms with Crippen LogP contribution in [0.4, 0.5) is 0 Å². The van der Waals surface area contributed by atoms with E-state index < -0.39 is 0 Å². The molecule has 0 bridgehead atoms. The Balaban J connectivity index is 2.41. The maximum Gasteiger partial charge on any atom is 0.0891 e. The van der Waals surface area contributed by atoms with Crippen LogP contribution in [0.5, 0.6) is 0 Å². The van der Waals surface area contributed by atoms with Crippen molar-refractivity contribution in [2.24, 2.45) is 0 Å². The van der Waals surface area contributed by atoms with Gasteiger partial charge in [-0.1, -0.05) is 0 Å². The number of pyridine rings is 2. The molecule has 76 valence electrons. The van der Waals surface area contributed by atoms with E-state index in [2.05, 4.69) is 18.0 Å². The van der Waals surface area contributed by atoms with E-state index in [1.165, 1.54) is 35.0 Å². The Morgan fingerprint density at radius 3 is 2.93 bits per heavy atom. The van der Waals surface area contributed by atoms with E-state index in [-0.39, 0.29) is 0 Å². The summed E-state index contributed by atoms with van der Waals surface area (Å²) in [6, 6.07) is 2.15. The van der Waals surface area contributed by atoms with Gasteiger partial charge < -0.3 is 0 Å². The molecular weight excluding hydrogens is 184 g/mol. The molecule has 0 N–H and O–H groups in total. The maximum absolute atomic E-state index is 4.70. The molecule has 0 radical (unpaired) electrons. The molecule has 0 aliphatic heterocycles. The molecule has 1 aliphatic carbocycles. The molecule has 1 aliphatic rings. The van der Waals surface area contributed by atoms with Crippen molar-refractivity contribution in [3.8, 4) is 0 Å². The monoisotopic (exact) mass is 198 g/mol. The molecule has 2 heterocycles. The summed E-state index contributed by atoms with van der Waals surface area (Å²) < 4.78 is 0. The molecule has 3 rings (SSSR count). The molecule has 2 nitrogen and oxygen atoms in total. The highest BCUT2D eigenvalue weighted by Crippen LogP contribution is 2.28. The number of hydrogen-bond acceptors (Lipinski definition) is 2. The first kappa shape index (κ1) is 8.84. The summed E-state index contributed by atoms with van der Waals surface area (Å²) in [6.07, 6.45) is 5.49. The van der Waals surface area contributed by atoms with Gasteiger partial charge in [0.05, 0.1) is 11.7 Å². The van der Waals surface area contributed by atoms with Gasteiger partial charge in [0.2, 0.25) is 0 Å². The summed E-state index contributed by atoms with van der Waals surface area (Å²) >= 11 is 0. The van der Waals surface area contributed by atoms with Gasteiger partial charge in [0.1, 0.15) is 0 Å². The van der Waals surface area contributed by atoms with Gasteiger partial charge in [-0.3, -0.25) is 9.97 Å². The molecular formula is C13H14N2. The highest BCUT2D eigenvalue weighted by Gasteiger charge is 2.16. The molecule has 2 aromatic heterocycles. The Hall–Kier alpha value is -1.44. The van der Waals surface area contributed by atoms with Crippen molar-refractivity contribution < 1.29 is 0 Å². The van der Waals surface area contributed by atoms with Crippen molar-refractivity contribution in [1.82, 2.24) is 9.97 Å². The lowest BCUT2D eigenvalue weighted by atomic mass is 10.0. The fourth-order valence-corrected chi connectivity index (χ4v) is 2.51. The summed E-state index contributed by atoms with van der Waals surface area (Å²) in [6.45, 7) is 4.25. The van der Waals surface area contributed by atoms with Gasteiger partial charge in [0.25, 0.3) is 0 Å². The third kappa shape index (κ3) is 1.24. The minimum absolute atomic E-state index is 1.05. The van der Waals surface area contributed by atoms with Crippen molar-refractivity contribution in [1.29, 1.82) is 0 Å². The Bertz CT molecular complexity index is 544. The summed E-state index contributed by atoms with van der Waals surface area (Å²) in [5.41, 5.74) is 6.32. The molecule has 0 spiro atoms. The summed E-state index contributed by atoms with van der Waals surface area (Å²) in [7, 11) is 0. The Morgan fingerprint density at radius 2 is 2.07 bits per heavy atom. The second-order valence-electron chi connectivity index (χ2n) is 4.36. The molecule has 2 heteroatoms. The number of aryl methyl sites for hydroxylation is 3. The smallest absolute Gasteiger partial charge is 0.0891 e. The lowest BCUT2D eigenvalue weighted by Gasteiger charge is -2.08. The van der Waals surface area contributed by atoms with E-state index >= 15 is 0 Å². The topological polar surface area (TPSA) is 25.8 Å². The Kier molecular flexibility index (Phi) is 1.78. The first-order valence-electron chi connectivity index (χ1n) is 5.50. The molecule has 0 amide bonds. The third-order valence-corrected chi connectivity index (χ3v) is 3.32. The zero-order valence-corrected chi connectivity index (χ0v) is 9.17. The third-order valence-electron chi connectivity index (χ3n) is 3.32. The van der Waals surface area contributed by atoms with E-state index in [1.54, 1.807) is 0 Å². The summed E-state index contributed by atoms with van der Waals surface area (Å²) in [5.74, 6) is 0. The molecule has 0 fully saturated rings. The first-order valence-corrected chi connectivity index (χ1v) is 5.50. The van der Waals surface area contributed by atoms with Gasteiger partial charge in [-0.05, 0) is 50.3 Å². The van der Waals surface area contributed by atoms with E-state index in [1.807, 2.05) is 13.1 Å². The van der Waals surface area contributed by atoms with Crippen LogP contribution in [0.15, 0.2) is 12.3 Å². The van der Waals surface area contributed by atoms with Crippen LogP contribution in [0, 0.1) is 13.8 Å². The summed E-state index contributed by atoms with van der Waals surface area (Å²) in [5, 5.41) is 1.28. The first-order chi connectivity index (χ1) is 7.25. The second-order valence-corrected chi connectivity index (χ2v) is 4.36. The van der Waals surface area contributed by atoms with Gasteiger partial charge in [-0.15, -0.1) is 0 Å². The number of fused-ring (bicyclic) bond motifs is 2. The minimum atomic E-state index is 1.05. The standard InChI is InChI=1S/C13H14N2/c1-8-6-11-9(2)10-4-3-5-12(10)15-13(11)7-14-8/h6-7H,3-5H2,1-2H3. The number of hydrogen-bond donors (Lipinski definition) is 0. The quantitative estimate of drug-likeness (QED) is 0.650. The van der Waals surface area contributed by atoms with E-state index in [0.29, 0.717) is 0 Å². The lowest BCUT2D eigenvalue weighted by Crippen LogP contribution is -1.95. The maximum atomic E-state index is 4.70. The number of aromatic nitrogens is 2.